The number of benzene rings is 1. The molecule has 5 heteroatoms. The van der Waals surface area contributed by atoms with Crippen molar-refractivity contribution in [1.82, 2.24) is 5.32 Å². The van der Waals surface area contributed by atoms with Crippen molar-refractivity contribution in [2.75, 3.05) is 13.2 Å². The molecule has 0 radical (unpaired) electrons. The third-order valence-electron chi connectivity index (χ3n) is 2.14. The van der Waals surface area contributed by atoms with Crippen LogP contribution in [0.5, 0.6) is 5.75 Å². The Bertz CT molecular complexity index is 371. The number of carbonyl (C=O) groups is 1. The summed E-state index contributed by atoms with van der Waals surface area (Å²) in [7, 11) is 0. The molecule has 0 aromatic heterocycles. The highest BCUT2D eigenvalue weighted by Crippen LogP contribution is 2.17. The van der Waals surface area contributed by atoms with Crippen LogP contribution < -0.4 is 10.1 Å². The molecule has 0 fully saturated rings. The molecule has 0 aliphatic carbocycles. The molecule has 1 atom stereocenters. The highest BCUT2D eigenvalue weighted by Gasteiger charge is 2.07. The molecule has 0 saturated carbocycles. The van der Waals surface area contributed by atoms with Gasteiger partial charge in [0.05, 0.1) is 0 Å². The molecule has 1 aromatic rings. The number of nitrogens with one attached hydrogen (secondary N) is 1. The molecule has 0 bridgehead atoms. The molecule has 2 N–H and O–H groups in total. The van der Waals surface area contributed by atoms with E-state index < -0.39 is 0 Å². The Labute approximate surface area is 109 Å². The summed E-state index contributed by atoms with van der Waals surface area (Å²) in [6, 6.07) is 7.26. The fourth-order valence-corrected chi connectivity index (χ4v) is 1.67. The van der Waals surface area contributed by atoms with Gasteiger partial charge in [-0.25, -0.2) is 0 Å². The van der Waals surface area contributed by atoms with Crippen molar-refractivity contribution < 1.29 is 14.6 Å². The van der Waals surface area contributed by atoms with Crippen molar-refractivity contribution in [2.24, 2.45) is 0 Å². The molecule has 0 saturated heterocycles. The van der Waals surface area contributed by atoms with Gasteiger partial charge in [0.15, 0.2) is 6.61 Å². The molecule has 1 aromatic carbocycles. The first-order valence-electron chi connectivity index (χ1n) is 5.40. The first kappa shape index (κ1) is 14.0. The van der Waals surface area contributed by atoms with Crippen LogP contribution in [-0.2, 0) is 4.79 Å². The predicted octanol–water partition coefficient (Wildman–Crippen LogP) is 1.71. The molecule has 4 nitrogen and oxygen atoms in total. The Hall–Kier alpha value is -1.07. The first-order valence-corrected chi connectivity index (χ1v) is 6.19. The number of hydrogen-bond donors (Lipinski definition) is 2. The van der Waals surface area contributed by atoms with E-state index in [0.717, 1.165) is 4.47 Å². The van der Waals surface area contributed by atoms with E-state index in [1.165, 1.54) is 0 Å². The summed E-state index contributed by atoms with van der Waals surface area (Å²) in [5, 5.41) is 11.4. The van der Waals surface area contributed by atoms with E-state index in [1.807, 2.05) is 19.1 Å². The minimum atomic E-state index is -0.189. The van der Waals surface area contributed by atoms with Crippen LogP contribution in [0.15, 0.2) is 28.7 Å². The molecule has 17 heavy (non-hydrogen) atoms. The summed E-state index contributed by atoms with van der Waals surface area (Å²) in [5.74, 6) is 0.454. The smallest absolute Gasteiger partial charge is 0.258 e. The van der Waals surface area contributed by atoms with Crippen LogP contribution in [0, 0.1) is 0 Å². The second-order valence-corrected chi connectivity index (χ2v) is 4.64. The average molecular weight is 302 g/mol. The van der Waals surface area contributed by atoms with E-state index in [-0.39, 0.29) is 25.2 Å². The topological polar surface area (TPSA) is 58.6 Å². The summed E-state index contributed by atoms with van der Waals surface area (Å²) in [5.41, 5.74) is 0. The van der Waals surface area contributed by atoms with Crippen LogP contribution in [0.25, 0.3) is 0 Å². The van der Waals surface area contributed by atoms with Crippen LogP contribution >= 0.6 is 15.9 Å². The summed E-state index contributed by atoms with van der Waals surface area (Å²) in [6.45, 7) is 1.88. The summed E-state index contributed by atoms with van der Waals surface area (Å²) in [6.07, 6.45) is 0.544. The standard InChI is InChI=1S/C12H16BrNO3/c1-9(5-6-15)14-12(16)8-17-11-4-2-3-10(13)7-11/h2-4,7,9,15H,5-6,8H2,1H3,(H,14,16)/t9-/m1/s1. The van der Waals surface area contributed by atoms with Crippen molar-refractivity contribution in [2.45, 2.75) is 19.4 Å². The van der Waals surface area contributed by atoms with Crippen LogP contribution in [0.1, 0.15) is 13.3 Å². The normalized spacial score (nSPS) is 11.9. The van der Waals surface area contributed by atoms with Crippen molar-refractivity contribution in [3.8, 4) is 5.75 Å². The number of aliphatic hydroxyl groups excluding tert-OH is 1. The van der Waals surface area contributed by atoms with Gasteiger partial charge >= 0.3 is 0 Å². The number of aliphatic hydroxyl groups is 1. The number of halogens is 1. The van der Waals surface area contributed by atoms with Crippen LogP contribution in [0.3, 0.4) is 0 Å². The Morgan fingerprint density at radius 2 is 2.35 bits per heavy atom. The molecule has 0 unspecified atom stereocenters. The highest BCUT2D eigenvalue weighted by atomic mass is 79.9. The maximum atomic E-state index is 11.5. The molecule has 1 amide bonds. The largest absolute Gasteiger partial charge is 0.484 e. The fourth-order valence-electron chi connectivity index (χ4n) is 1.29. The first-order chi connectivity index (χ1) is 8.11. The second-order valence-electron chi connectivity index (χ2n) is 3.73. The lowest BCUT2D eigenvalue weighted by molar-refractivity contribution is -0.123. The van der Waals surface area contributed by atoms with E-state index in [1.54, 1.807) is 12.1 Å². The minimum Gasteiger partial charge on any atom is -0.484 e. The summed E-state index contributed by atoms with van der Waals surface area (Å²) >= 11 is 3.32. The van der Waals surface area contributed by atoms with Gasteiger partial charge in [-0.05, 0) is 31.5 Å². The zero-order chi connectivity index (χ0) is 12.7. The summed E-state index contributed by atoms with van der Waals surface area (Å²) < 4.78 is 6.23. The Morgan fingerprint density at radius 1 is 1.59 bits per heavy atom. The van der Waals surface area contributed by atoms with Gasteiger partial charge in [0.1, 0.15) is 5.75 Å². The van der Waals surface area contributed by atoms with Gasteiger partial charge in [0, 0.05) is 17.1 Å². The number of hydrogen-bond acceptors (Lipinski definition) is 3. The molecule has 0 aliphatic rings. The number of carbonyl (C=O) groups excluding carboxylic acids is 1. The second kappa shape index (κ2) is 7.29. The molecular formula is C12H16BrNO3. The zero-order valence-electron chi connectivity index (χ0n) is 9.65. The predicted molar refractivity (Wildman–Crippen MR) is 68.9 cm³/mol. The van der Waals surface area contributed by atoms with Crippen LogP contribution in [0.2, 0.25) is 0 Å². The van der Waals surface area contributed by atoms with E-state index in [2.05, 4.69) is 21.2 Å². The minimum absolute atomic E-state index is 0.0216. The third-order valence-corrected chi connectivity index (χ3v) is 2.63. The Kier molecular flexibility index (Phi) is 6.00. The lowest BCUT2D eigenvalue weighted by Gasteiger charge is -2.12. The maximum Gasteiger partial charge on any atom is 0.258 e. The van der Waals surface area contributed by atoms with Crippen LogP contribution in [-0.4, -0.2) is 30.3 Å². The quantitative estimate of drug-likeness (QED) is 0.841. The zero-order valence-corrected chi connectivity index (χ0v) is 11.2. The van der Waals surface area contributed by atoms with Crippen molar-refractivity contribution in [3.63, 3.8) is 0 Å². The van der Waals surface area contributed by atoms with E-state index in [9.17, 15) is 4.79 Å². The molecule has 0 spiro atoms. The van der Waals surface area contributed by atoms with Gasteiger partial charge in [0.25, 0.3) is 5.91 Å². The third kappa shape index (κ3) is 5.70. The summed E-state index contributed by atoms with van der Waals surface area (Å²) in [4.78, 5) is 11.5. The Morgan fingerprint density at radius 3 is 3.00 bits per heavy atom. The van der Waals surface area contributed by atoms with Gasteiger partial charge in [-0.2, -0.15) is 0 Å². The molecule has 1 rings (SSSR count). The van der Waals surface area contributed by atoms with Gasteiger partial charge in [0.2, 0.25) is 0 Å². The fraction of sp³-hybridized carbons (Fsp3) is 0.417. The number of ether oxygens (including phenoxy) is 1. The molecular weight excluding hydrogens is 286 g/mol. The Balaban J connectivity index is 2.33. The van der Waals surface area contributed by atoms with Crippen molar-refractivity contribution in [3.05, 3.63) is 28.7 Å². The molecule has 94 valence electrons. The van der Waals surface area contributed by atoms with Gasteiger partial charge in [-0.15, -0.1) is 0 Å². The van der Waals surface area contributed by atoms with Gasteiger partial charge in [-0.3, -0.25) is 4.79 Å². The molecule has 0 heterocycles. The van der Waals surface area contributed by atoms with E-state index in [4.69, 9.17) is 9.84 Å². The average Bonchev–Trinajstić information content (AvgIpc) is 2.27. The highest BCUT2D eigenvalue weighted by molar-refractivity contribution is 9.10. The monoisotopic (exact) mass is 301 g/mol. The molecule has 0 aliphatic heterocycles. The van der Waals surface area contributed by atoms with E-state index in [0.29, 0.717) is 12.2 Å². The number of amides is 1. The van der Waals surface area contributed by atoms with Gasteiger partial charge in [-0.1, -0.05) is 22.0 Å². The van der Waals surface area contributed by atoms with Crippen molar-refractivity contribution >= 4 is 21.8 Å². The van der Waals surface area contributed by atoms with Crippen molar-refractivity contribution in [1.29, 1.82) is 0 Å². The number of rotatable bonds is 6. The maximum absolute atomic E-state index is 11.5. The lowest BCUT2D eigenvalue weighted by atomic mass is 10.2. The van der Waals surface area contributed by atoms with Gasteiger partial charge < -0.3 is 15.2 Å². The lowest BCUT2D eigenvalue weighted by Crippen LogP contribution is -2.36. The SMILES string of the molecule is C[C@H](CCO)NC(=O)COc1cccc(Br)c1. The van der Waals surface area contributed by atoms with Crippen LogP contribution in [0.4, 0.5) is 0 Å². The van der Waals surface area contributed by atoms with E-state index >= 15 is 0 Å².